The number of benzene rings is 1. The third kappa shape index (κ3) is 4.92. The summed E-state index contributed by atoms with van der Waals surface area (Å²) in [6.07, 6.45) is 2.29. The minimum atomic E-state index is -0.212. The van der Waals surface area contributed by atoms with Crippen LogP contribution in [0.1, 0.15) is 25.5 Å². The number of anilines is 2. The number of nitrogens with zero attached hydrogens (tertiary/aromatic N) is 3. The molecule has 0 bridgehead atoms. The molecule has 0 aliphatic carbocycles. The summed E-state index contributed by atoms with van der Waals surface area (Å²) in [5.74, 6) is 1.66. The van der Waals surface area contributed by atoms with Crippen LogP contribution in [0.15, 0.2) is 36.4 Å². The van der Waals surface area contributed by atoms with E-state index in [-0.39, 0.29) is 12.5 Å². The van der Waals surface area contributed by atoms with Crippen molar-refractivity contribution < 1.29 is 9.53 Å². The molecule has 2 aromatic rings. The van der Waals surface area contributed by atoms with Crippen LogP contribution >= 0.6 is 0 Å². The average Bonchev–Trinajstić information content (AvgIpc) is 2.61. The molecule has 6 nitrogen and oxygen atoms in total. The Morgan fingerprint density at radius 2 is 1.96 bits per heavy atom. The Morgan fingerprint density at radius 3 is 2.68 bits per heavy atom. The van der Waals surface area contributed by atoms with Gasteiger partial charge < -0.3 is 15.0 Å². The Kier molecular flexibility index (Phi) is 5.48. The van der Waals surface area contributed by atoms with Crippen molar-refractivity contribution in [2.75, 3.05) is 29.9 Å². The van der Waals surface area contributed by atoms with Gasteiger partial charge in [0.25, 0.3) is 5.91 Å². The summed E-state index contributed by atoms with van der Waals surface area (Å²) < 4.78 is 5.58. The van der Waals surface area contributed by atoms with Crippen LogP contribution in [0.2, 0.25) is 0 Å². The molecule has 6 heteroatoms. The third-order valence-electron chi connectivity index (χ3n) is 4.29. The SMILES string of the molecule is Cc1cc(OCC(=O)Nc2ccccc2)nc(N2CCC(C)CC2)n1. The number of aryl methyl sites for hydroxylation is 1. The second-order valence-corrected chi connectivity index (χ2v) is 6.52. The van der Waals surface area contributed by atoms with Crippen LogP contribution in [-0.2, 0) is 4.79 Å². The molecule has 0 unspecified atom stereocenters. The fourth-order valence-corrected chi connectivity index (χ4v) is 2.81. The van der Waals surface area contributed by atoms with Gasteiger partial charge in [0, 0.05) is 30.5 Å². The van der Waals surface area contributed by atoms with Crippen LogP contribution in [-0.4, -0.2) is 35.6 Å². The molecule has 1 aliphatic heterocycles. The van der Waals surface area contributed by atoms with E-state index in [0.29, 0.717) is 11.8 Å². The highest BCUT2D eigenvalue weighted by Crippen LogP contribution is 2.22. The molecule has 1 aromatic carbocycles. The summed E-state index contributed by atoms with van der Waals surface area (Å²) in [5, 5.41) is 2.79. The maximum Gasteiger partial charge on any atom is 0.262 e. The molecule has 1 N–H and O–H groups in total. The highest BCUT2D eigenvalue weighted by atomic mass is 16.5. The van der Waals surface area contributed by atoms with Gasteiger partial charge >= 0.3 is 0 Å². The van der Waals surface area contributed by atoms with Gasteiger partial charge in [-0.25, -0.2) is 4.98 Å². The van der Waals surface area contributed by atoms with Crippen molar-refractivity contribution >= 4 is 17.5 Å². The van der Waals surface area contributed by atoms with E-state index in [4.69, 9.17) is 4.74 Å². The minimum Gasteiger partial charge on any atom is -0.467 e. The Balaban J connectivity index is 1.59. The molecule has 2 heterocycles. The first-order valence-corrected chi connectivity index (χ1v) is 8.68. The number of hydrogen-bond acceptors (Lipinski definition) is 5. The fraction of sp³-hybridized carbons (Fsp3) is 0.421. The standard InChI is InChI=1S/C19H24N4O2/c1-14-8-10-23(11-9-14)19-20-15(2)12-18(22-19)25-13-17(24)21-16-6-4-3-5-7-16/h3-7,12,14H,8-11,13H2,1-2H3,(H,21,24). The van der Waals surface area contributed by atoms with E-state index in [0.717, 1.165) is 43.2 Å². The topological polar surface area (TPSA) is 67.3 Å². The molecule has 1 fully saturated rings. The lowest BCUT2D eigenvalue weighted by Gasteiger charge is -2.30. The molecule has 1 aliphatic rings. The highest BCUT2D eigenvalue weighted by Gasteiger charge is 2.19. The van der Waals surface area contributed by atoms with Gasteiger partial charge in [-0.15, -0.1) is 0 Å². The summed E-state index contributed by atoms with van der Waals surface area (Å²) in [5.41, 5.74) is 1.58. The number of rotatable bonds is 5. The Morgan fingerprint density at radius 1 is 1.24 bits per heavy atom. The first kappa shape index (κ1) is 17.2. The van der Waals surface area contributed by atoms with E-state index < -0.39 is 0 Å². The molecule has 1 aromatic heterocycles. The van der Waals surface area contributed by atoms with Crippen molar-refractivity contribution in [3.63, 3.8) is 0 Å². The lowest BCUT2D eigenvalue weighted by atomic mass is 10.00. The first-order valence-electron chi connectivity index (χ1n) is 8.68. The number of piperidine rings is 1. The minimum absolute atomic E-state index is 0.0815. The van der Waals surface area contributed by atoms with Crippen LogP contribution < -0.4 is 15.0 Å². The predicted octanol–water partition coefficient (Wildman–Crippen LogP) is 3.04. The van der Waals surface area contributed by atoms with E-state index in [1.54, 1.807) is 6.07 Å². The van der Waals surface area contributed by atoms with Crippen LogP contribution in [0.3, 0.4) is 0 Å². The molecule has 3 rings (SSSR count). The summed E-state index contributed by atoms with van der Waals surface area (Å²) in [4.78, 5) is 23.2. The van der Waals surface area contributed by atoms with Crippen LogP contribution in [0.25, 0.3) is 0 Å². The zero-order valence-corrected chi connectivity index (χ0v) is 14.7. The van der Waals surface area contributed by atoms with E-state index in [1.165, 1.54) is 0 Å². The number of nitrogens with one attached hydrogen (secondary N) is 1. The van der Waals surface area contributed by atoms with Gasteiger partial charge in [0.1, 0.15) is 0 Å². The van der Waals surface area contributed by atoms with Crippen LogP contribution in [0.4, 0.5) is 11.6 Å². The quantitative estimate of drug-likeness (QED) is 0.906. The number of hydrogen-bond donors (Lipinski definition) is 1. The van der Waals surface area contributed by atoms with Gasteiger partial charge in [-0.1, -0.05) is 25.1 Å². The Bertz CT molecular complexity index is 713. The molecule has 1 saturated heterocycles. The lowest BCUT2D eigenvalue weighted by molar-refractivity contribution is -0.118. The highest BCUT2D eigenvalue weighted by molar-refractivity contribution is 5.91. The molecular formula is C19H24N4O2. The van der Waals surface area contributed by atoms with Crippen molar-refractivity contribution in [3.05, 3.63) is 42.1 Å². The van der Waals surface area contributed by atoms with E-state index >= 15 is 0 Å². The van der Waals surface area contributed by atoms with Gasteiger partial charge in [-0.3, -0.25) is 4.79 Å². The maximum absolute atomic E-state index is 12.0. The second-order valence-electron chi connectivity index (χ2n) is 6.52. The zero-order chi connectivity index (χ0) is 17.6. The van der Waals surface area contributed by atoms with E-state index in [1.807, 2.05) is 37.3 Å². The average molecular weight is 340 g/mol. The number of aromatic nitrogens is 2. The van der Waals surface area contributed by atoms with Gasteiger partial charge in [0.05, 0.1) is 0 Å². The Hall–Kier alpha value is -2.63. The second kappa shape index (κ2) is 7.96. The number of carbonyl (C=O) groups is 1. The van der Waals surface area contributed by atoms with E-state index in [2.05, 4.69) is 27.1 Å². The summed E-state index contributed by atoms with van der Waals surface area (Å²) in [6, 6.07) is 11.1. The molecule has 25 heavy (non-hydrogen) atoms. The fourth-order valence-electron chi connectivity index (χ4n) is 2.81. The molecule has 0 saturated carbocycles. The number of para-hydroxylation sites is 1. The normalized spacial score (nSPS) is 15.0. The molecule has 1 amide bonds. The van der Waals surface area contributed by atoms with Crippen molar-refractivity contribution in [2.45, 2.75) is 26.7 Å². The Labute approximate surface area is 148 Å². The smallest absolute Gasteiger partial charge is 0.262 e. The van der Waals surface area contributed by atoms with Gasteiger partial charge in [0.2, 0.25) is 11.8 Å². The van der Waals surface area contributed by atoms with E-state index in [9.17, 15) is 4.79 Å². The van der Waals surface area contributed by atoms with Crippen molar-refractivity contribution in [1.82, 2.24) is 9.97 Å². The summed E-state index contributed by atoms with van der Waals surface area (Å²) >= 11 is 0. The third-order valence-corrected chi connectivity index (χ3v) is 4.29. The molecule has 132 valence electrons. The largest absolute Gasteiger partial charge is 0.467 e. The molecular weight excluding hydrogens is 316 g/mol. The molecule has 0 radical (unpaired) electrons. The van der Waals surface area contributed by atoms with Crippen molar-refractivity contribution in [2.24, 2.45) is 5.92 Å². The number of amides is 1. The summed E-state index contributed by atoms with van der Waals surface area (Å²) in [6.45, 7) is 6.02. The predicted molar refractivity (Wildman–Crippen MR) is 97.9 cm³/mol. The molecule has 0 atom stereocenters. The van der Waals surface area contributed by atoms with Crippen molar-refractivity contribution in [3.8, 4) is 5.88 Å². The van der Waals surface area contributed by atoms with Crippen LogP contribution in [0.5, 0.6) is 5.88 Å². The number of carbonyl (C=O) groups excluding carboxylic acids is 1. The van der Waals surface area contributed by atoms with Crippen molar-refractivity contribution in [1.29, 1.82) is 0 Å². The van der Waals surface area contributed by atoms with Gasteiger partial charge in [0.15, 0.2) is 6.61 Å². The summed E-state index contributed by atoms with van der Waals surface area (Å²) in [7, 11) is 0. The monoisotopic (exact) mass is 340 g/mol. The zero-order valence-electron chi connectivity index (χ0n) is 14.7. The van der Waals surface area contributed by atoms with Gasteiger partial charge in [-0.05, 0) is 37.8 Å². The lowest BCUT2D eigenvalue weighted by Crippen LogP contribution is -2.34. The van der Waals surface area contributed by atoms with Crippen LogP contribution in [0, 0.1) is 12.8 Å². The maximum atomic E-state index is 12.0. The number of ether oxygens (including phenoxy) is 1. The first-order chi connectivity index (χ1) is 12.1. The molecule has 0 spiro atoms. The van der Waals surface area contributed by atoms with Gasteiger partial charge in [-0.2, -0.15) is 4.98 Å².